The highest BCUT2D eigenvalue weighted by Crippen LogP contribution is 2.22. The van der Waals surface area contributed by atoms with Gasteiger partial charge in [-0.05, 0) is 18.2 Å². The Kier molecular flexibility index (Phi) is 2.19. The minimum absolute atomic E-state index is 0.496. The summed E-state index contributed by atoms with van der Waals surface area (Å²) < 4.78 is 1.81. The molecule has 3 aromatic rings. The number of aryl methyl sites for hydroxylation is 1. The SMILES string of the molecule is Cn1nc(-c2ccc3nc[nH]c3c2)cc1CN. The molecule has 0 saturated carbocycles. The minimum atomic E-state index is 0.496. The molecule has 2 heterocycles. The maximum Gasteiger partial charge on any atom is 0.0931 e. The lowest BCUT2D eigenvalue weighted by molar-refractivity contribution is 0.714. The van der Waals surface area contributed by atoms with Crippen LogP contribution in [-0.4, -0.2) is 19.7 Å². The fourth-order valence-electron chi connectivity index (χ4n) is 1.93. The summed E-state index contributed by atoms with van der Waals surface area (Å²) >= 11 is 0. The van der Waals surface area contributed by atoms with Gasteiger partial charge >= 0.3 is 0 Å². The second-order valence-corrected chi connectivity index (χ2v) is 3.98. The standard InChI is InChI=1S/C12H13N5/c1-17-9(6-13)5-11(16-17)8-2-3-10-12(4-8)15-7-14-10/h2-5,7H,6,13H2,1H3,(H,14,15). The fraction of sp³-hybridized carbons (Fsp3) is 0.167. The number of benzene rings is 1. The first-order valence-corrected chi connectivity index (χ1v) is 5.44. The van der Waals surface area contributed by atoms with Crippen LogP contribution in [-0.2, 0) is 13.6 Å². The summed E-state index contributed by atoms with van der Waals surface area (Å²) in [6.07, 6.45) is 1.69. The summed E-state index contributed by atoms with van der Waals surface area (Å²) in [6.45, 7) is 0.496. The third-order valence-electron chi connectivity index (χ3n) is 2.90. The molecule has 0 fully saturated rings. The van der Waals surface area contributed by atoms with Crippen molar-refractivity contribution in [1.29, 1.82) is 0 Å². The number of nitrogens with two attached hydrogens (primary N) is 1. The zero-order chi connectivity index (χ0) is 11.8. The van der Waals surface area contributed by atoms with Crippen LogP contribution in [0.1, 0.15) is 5.69 Å². The Bertz CT molecular complexity index is 664. The van der Waals surface area contributed by atoms with Crippen LogP contribution in [0.3, 0.4) is 0 Å². The summed E-state index contributed by atoms with van der Waals surface area (Å²) in [5.41, 5.74) is 10.6. The Labute approximate surface area is 98.3 Å². The molecule has 0 saturated heterocycles. The molecule has 0 amide bonds. The van der Waals surface area contributed by atoms with E-state index >= 15 is 0 Å². The van der Waals surface area contributed by atoms with E-state index < -0.39 is 0 Å². The van der Waals surface area contributed by atoms with Crippen LogP contribution in [0.25, 0.3) is 22.3 Å². The predicted octanol–water partition coefficient (Wildman–Crippen LogP) is 1.42. The first kappa shape index (κ1) is 10.0. The number of hydrogen-bond donors (Lipinski definition) is 2. The molecular weight excluding hydrogens is 214 g/mol. The number of nitrogens with zero attached hydrogens (tertiary/aromatic N) is 3. The van der Waals surface area contributed by atoms with Crippen molar-refractivity contribution in [2.24, 2.45) is 12.8 Å². The van der Waals surface area contributed by atoms with Crippen molar-refractivity contribution in [3.8, 4) is 11.3 Å². The largest absolute Gasteiger partial charge is 0.345 e. The molecule has 5 heteroatoms. The van der Waals surface area contributed by atoms with Crippen molar-refractivity contribution in [3.05, 3.63) is 36.3 Å². The van der Waals surface area contributed by atoms with E-state index in [1.54, 1.807) is 6.33 Å². The lowest BCUT2D eigenvalue weighted by Gasteiger charge is -1.96. The highest BCUT2D eigenvalue weighted by Gasteiger charge is 2.07. The molecular formula is C12H13N5. The maximum absolute atomic E-state index is 5.64. The van der Waals surface area contributed by atoms with Gasteiger partial charge in [0, 0.05) is 19.2 Å². The Morgan fingerprint density at radius 2 is 2.24 bits per heavy atom. The molecule has 0 spiro atoms. The van der Waals surface area contributed by atoms with E-state index in [0.717, 1.165) is 28.0 Å². The van der Waals surface area contributed by atoms with Crippen LogP contribution in [0.5, 0.6) is 0 Å². The molecule has 0 aliphatic heterocycles. The summed E-state index contributed by atoms with van der Waals surface area (Å²) in [5.74, 6) is 0. The van der Waals surface area contributed by atoms with Crippen LogP contribution in [0.2, 0.25) is 0 Å². The number of nitrogens with one attached hydrogen (secondary N) is 1. The number of imidazole rings is 1. The van der Waals surface area contributed by atoms with E-state index in [4.69, 9.17) is 5.73 Å². The van der Waals surface area contributed by atoms with Gasteiger partial charge in [-0.1, -0.05) is 6.07 Å². The first-order chi connectivity index (χ1) is 8.28. The maximum atomic E-state index is 5.64. The minimum Gasteiger partial charge on any atom is -0.345 e. The Morgan fingerprint density at radius 1 is 1.35 bits per heavy atom. The van der Waals surface area contributed by atoms with Gasteiger partial charge in [0.05, 0.1) is 28.7 Å². The Hall–Kier alpha value is -2.14. The normalized spacial score (nSPS) is 11.2. The highest BCUT2D eigenvalue weighted by molar-refractivity contribution is 5.80. The van der Waals surface area contributed by atoms with Gasteiger partial charge in [-0.15, -0.1) is 0 Å². The van der Waals surface area contributed by atoms with Gasteiger partial charge in [0.15, 0.2) is 0 Å². The van der Waals surface area contributed by atoms with Crippen molar-refractivity contribution >= 4 is 11.0 Å². The van der Waals surface area contributed by atoms with Gasteiger partial charge in [0.25, 0.3) is 0 Å². The average Bonchev–Trinajstić information content (AvgIpc) is 2.93. The number of rotatable bonds is 2. The van der Waals surface area contributed by atoms with Crippen LogP contribution >= 0.6 is 0 Å². The number of H-pyrrole nitrogens is 1. The van der Waals surface area contributed by atoms with Crippen LogP contribution < -0.4 is 5.73 Å². The highest BCUT2D eigenvalue weighted by atomic mass is 15.3. The zero-order valence-corrected chi connectivity index (χ0v) is 9.51. The van der Waals surface area contributed by atoms with E-state index in [-0.39, 0.29) is 0 Å². The fourth-order valence-corrected chi connectivity index (χ4v) is 1.93. The Balaban J connectivity index is 2.12. The molecule has 3 N–H and O–H groups in total. The monoisotopic (exact) mass is 227 g/mol. The second-order valence-electron chi connectivity index (χ2n) is 3.98. The van der Waals surface area contributed by atoms with Crippen molar-refractivity contribution in [1.82, 2.24) is 19.7 Å². The van der Waals surface area contributed by atoms with Crippen molar-refractivity contribution < 1.29 is 0 Å². The second kappa shape index (κ2) is 3.71. The van der Waals surface area contributed by atoms with Crippen LogP contribution in [0.4, 0.5) is 0 Å². The molecule has 0 unspecified atom stereocenters. The molecule has 0 radical (unpaired) electrons. The van der Waals surface area contributed by atoms with Gasteiger partial charge in [0.2, 0.25) is 0 Å². The van der Waals surface area contributed by atoms with Crippen molar-refractivity contribution in [3.63, 3.8) is 0 Å². The van der Waals surface area contributed by atoms with Crippen LogP contribution in [0.15, 0.2) is 30.6 Å². The molecule has 1 aromatic carbocycles. The average molecular weight is 227 g/mol. The molecule has 2 aromatic heterocycles. The van der Waals surface area contributed by atoms with E-state index in [1.165, 1.54) is 0 Å². The quantitative estimate of drug-likeness (QED) is 0.695. The smallest absolute Gasteiger partial charge is 0.0931 e. The topological polar surface area (TPSA) is 72.5 Å². The van der Waals surface area contributed by atoms with Gasteiger partial charge in [-0.25, -0.2) is 4.98 Å². The van der Waals surface area contributed by atoms with Gasteiger partial charge in [-0.2, -0.15) is 5.10 Å². The molecule has 86 valence electrons. The molecule has 17 heavy (non-hydrogen) atoms. The van der Waals surface area contributed by atoms with E-state index in [2.05, 4.69) is 15.1 Å². The molecule has 0 bridgehead atoms. The predicted molar refractivity (Wildman–Crippen MR) is 66.2 cm³/mol. The van der Waals surface area contributed by atoms with Gasteiger partial charge in [0.1, 0.15) is 0 Å². The summed E-state index contributed by atoms with van der Waals surface area (Å²) in [7, 11) is 1.90. The molecule has 0 atom stereocenters. The van der Waals surface area contributed by atoms with E-state index in [9.17, 15) is 0 Å². The van der Waals surface area contributed by atoms with Crippen molar-refractivity contribution in [2.75, 3.05) is 0 Å². The number of aromatic nitrogens is 4. The van der Waals surface area contributed by atoms with E-state index in [0.29, 0.717) is 6.54 Å². The Morgan fingerprint density at radius 3 is 3.00 bits per heavy atom. The lowest BCUT2D eigenvalue weighted by atomic mass is 10.1. The van der Waals surface area contributed by atoms with Crippen LogP contribution in [0, 0.1) is 0 Å². The number of fused-ring (bicyclic) bond motifs is 1. The van der Waals surface area contributed by atoms with Gasteiger partial charge in [-0.3, -0.25) is 4.68 Å². The summed E-state index contributed by atoms with van der Waals surface area (Å²) in [6, 6.07) is 8.06. The third-order valence-corrected chi connectivity index (χ3v) is 2.90. The summed E-state index contributed by atoms with van der Waals surface area (Å²) in [4.78, 5) is 7.29. The first-order valence-electron chi connectivity index (χ1n) is 5.44. The number of hydrogen-bond acceptors (Lipinski definition) is 3. The molecule has 3 rings (SSSR count). The van der Waals surface area contributed by atoms with E-state index in [1.807, 2.05) is 36.0 Å². The van der Waals surface area contributed by atoms with Gasteiger partial charge < -0.3 is 10.7 Å². The lowest BCUT2D eigenvalue weighted by Crippen LogP contribution is -2.03. The molecule has 0 aliphatic carbocycles. The number of aromatic amines is 1. The summed E-state index contributed by atoms with van der Waals surface area (Å²) in [5, 5.41) is 4.45. The van der Waals surface area contributed by atoms with Crippen molar-refractivity contribution in [2.45, 2.75) is 6.54 Å². The molecule has 0 aliphatic rings. The molecule has 5 nitrogen and oxygen atoms in total. The zero-order valence-electron chi connectivity index (χ0n) is 9.51. The third kappa shape index (κ3) is 1.60.